The maximum atomic E-state index is 12.4. The van der Waals surface area contributed by atoms with Crippen LogP contribution in [-0.4, -0.2) is 61.6 Å². The number of carbonyl (C=O) groups excluding carboxylic acids is 2. The molecule has 0 spiro atoms. The zero-order valence-electron chi connectivity index (χ0n) is 13.2. The highest BCUT2D eigenvalue weighted by Crippen LogP contribution is 2.16. The first-order valence-electron chi connectivity index (χ1n) is 7.11. The van der Waals surface area contributed by atoms with Crippen LogP contribution in [0.1, 0.15) is 27.7 Å². The van der Waals surface area contributed by atoms with Crippen molar-refractivity contribution in [2.24, 2.45) is 5.92 Å². The number of hydrogen-bond acceptors (Lipinski definition) is 4. The van der Waals surface area contributed by atoms with E-state index in [4.69, 9.17) is 4.74 Å². The van der Waals surface area contributed by atoms with E-state index >= 15 is 0 Å². The Bertz CT molecular complexity index is 352. The molecule has 0 saturated carbocycles. The maximum absolute atomic E-state index is 12.4. The van der Waals surface area contributed by atoms with Crippen LogP contribution in [0.15, 0.2) is 0 Å². The van der Waals surface area contributed by atoms with Crippen molar-refractivity contribution < 1.29 is 14.3 Å². The molecule has 2 amide bonds. The largest absolute Gasteiger partial charge is 0.379 e. The molecule has 0 aliphatic carbocycles. The molecule has 1 aliphatic rings. The van der Waals surface area contributed by atoms with Gasteiger partial charge in [0.05, 0.1) is 25.7 Å². The molecule has 0 aromatic rings. The minimum atomic E-state index is -0.288. The second-order valence-electron chi connectivity index (χ2n) is 6.30. The quantitative estimate of drug-likeness (QED) is 0.745. The number of hydrogen-bond donors (Lipinski definition) is 2. The molecular formula is C14H27N3O3. The van der Waals surface area contributed by atoms with Crippen LogP contribution in [0, 0.1) is 5.92 Å². The maximum Gasteiger partial charge on any atom is 0.240 e. The third kappa shape index (κ3) is 5.09. The lowest BCUT2D eigenvalue weighted by atomic mass is 10.0. The van der Waals surface area contributed by atoms with Crippen LogP contribution >= 0.6 is 0 Å². The summed E-state index contributed by atoms with van der Waals surface area (Å²) >= 11 is 0. The number of amides is 2. The smallest absolute Gasteiger partial charge is 0.240 e. The highest BCUT2D eigenvalue weighted by atomic mass is 16.5. The SMILES string of the molecule is CCNC1COCC1C(=O)N(C)CC(=O)NC(C)(C)C. The van der Waals surface area contributed by atoms with E-state index in [2.05, 4.69) is 10.6 Å². The molecule has 6 heteroatoms. The van der Waals surface area contributed by atoms with Crippen molar-refractivity contribution in [3.63, 3.8) is 0 Å². The molecule has 2 N–H and O–H groups in total. The molecule has 6 nitrogen and oxygen atoms in total. The zero-order chi connectivity index (χ0) is 15.3. The molecule has 1 saturated heterocycles. The summed E-state index contributed by atoms with van der Waals surface area (Å²) in [5.41, 5.74) is -0.288. The molecule has 0 aromatic heterocycles. The second-order valence-corrected chi connectivity index (χ2v) is 6.30. The van der Waals surface area contributed by atoms with Crippen LogP contribution in [-0.2, 0) is 14.3 Å². The summed E-state index contributed by atoms with van der Waals surface area (Å²) in [6, 6.07) is 0.0422. The molecule has 1 rings (SSSR count). The first kappa shape index (κ1) is 16.9. The minimum Gasteiger partial charge on any atom is -0.379 e. The second kappa shape index (κ2) is 7.04. The van der Waals surface area contributed by atoms with Gasteiger partial charge in [-0.15, -0.1) is 0 Å². The van der Waals surface area contributed by atoms with Crippen LogP contribution in [0.5, 0.6) is 0 Å². The van der Waals surface area contributed by atoms with E-state index in [0.717, 1.165) is 6.54 Å². The van der Waals surface area contributed by atoms with Crippen molar-refractivity contribution >= 4 is 11.8 Å². The first-order valence-corrected chi connectivity index (χ1v) is 7.11. The summed E-state index contributed by atoms with van der Waals surface area (Å²) < 4.78 is 5.37. The summed E-state index contributed by atoms with van der Waals surface area (Å²) in [6.07, 6.45) is 0. The number of likely N-dealkylation sites (N-methyl/N-ethyl adjacent to an activating group) is 2. The summed E-state index contributed by atoms with van der Waals surface area (Å²) in [7, 11) is 1.66. The van der Waals surface area contributed by atoms with Crippen molar-refractivity contribution in [3.8, 4) is 0 Å². The highest BCUT2D eigenvalue weighted by Gasteiger charge is 2.35. The first-order chi connectivity index (χ1) is 9.24. The van der Waals surface area contributed by atoms with Crippen LogP contribution in [0.25, 0.3) is 0 Å². The number of carbonyl (C=O) groups is 2. The lowest BCUT2D eigenvalue weighted by Gasteiger charge is -2.26. The molecule has 0 bridgehead atoms. The summed E-state index contributed by atoms with van der Waals surface area (Å²) in [5, 5.41) is 6.10. The van der Waals surface area contributed by atoms with Crippen molar-refractivity contribution in [3.05, 3.63) is 0 Å². The molecule has 1 fully saturated rings. The molecule has 0 radical (unpaired) electrons. The average molecular weight is 285 g/mol. The Morgan fingerprint density at radius 1 is 1.30 bits per heavy atom. The molecule has 2 unspecified atom stereocenters. The molecule has 116 valence electrons. The van der Waals surface area contributed by atoms with E-state index in [-0.39, 0.29) is 35.9 Å². The predicted octanol–water partition coefficient (Wildman–Crippen LogP) is -0.0160. The molecule has 0 aromatic carbocycles. The lowest BCUT2D eigenvalue weighted by molar-refractivity contribution is -0.138. The van der Waals surface area contributed by atoms with Gasteiger partial charge < -0.3 is 20.3 Å². The number of rotatable bonds is 5. The monoisotopic (exact) mass is 285 g/mol. The summed E-state index contributed by atoms with van der Waals surface area (Å²) in [6.45, 7) is 9.59. The lowest BCUT2D eigenvalue weighted by Crippen LogP contribution is -2.49. The van der Waals surface area contributed by atoms with Crippen LogP contribution in [0.3, 0.4) is 0 Å². The van der Waals surface area contributed by atoms with Gasteiger partial charge in [0.25, 0.3) is 0 Å². The van der Waals surface area contributed by atoms with E-state index in [1.165, 1.54) is 4.90 Å². The topological polar surface area (TPSA) is 70.7 Å². The fraction of sp³-hybridized carbons (Fsp3) is 0.857. The van der Waals surface area contributed by atoms with Gasteiger partial charge in [0.2, 0.25) is 11.8 Å². The fourth-order valence-electron chi connectivity index (χ4n) is 2.30. The Balaban J connectivity index is 2.52. The summed E-state index contributed by atoms with van der Waals surface area (Å²) in [5.74, 6) is -0.396. The Morgan fingerprint density at radius 2 is 1.95 bits per heavy atom. The van der Waals surface area contributed by atoms with E-state index in [9.17, 15) is 9.59 Å². The van der Waals surface area contributed by atoms with Crippen molar-refractivity contribution in [1.29, 1.82) is 0 Å². The van der Waals surface area contributed by atoms with E-state index in [1.807, 2.05) is 27.7 Å². The highest BCUT2D eigenvalue weighted by molar-refractivity contribution is 5.86. The molecule has 20 heavy (non-hydrogen) atoms. The summed E-state index contributed by atoms with van der Waals surface area (Å²) in [4.78, 5) is 25.7. The Labute approximate surface area is 121 Å². The van der Waals surface area contributed by atoms with Crippen molar-refractivity contribution in [2.75, 3.05) is 33.4 Å². The predicted molar refractivity (Wildman–Crippen MR) is 77.3 cm³/mol. The van der Waals surface area contributed by atoms with Gasteiger partial charge in [-0.1, -0.05) is 6.92 Å². The Hall–Kier alpha value is -1.14. The molecule has 1 heterocycles. The van der Waals surface area contributed by atoms with Gasteiger partial charge in [-0.3, -0.25) is 9.59 Å². The third-order valence-corrected chi connectivity index (χ3v) is 3.14. The van der Waals surface area contributed by atoms with Gasteiger partial charge in [0, 0.05) is 18.6 Å². The van der Waals surface area contributed by atoms with E-state index in [0.29, 0.717) is 13.2 Å². The average Bonchev–Trinajstić information content (AvgIpc) is 2.73. The number of ether oxygens (including phenoxy) is 1. The Kier molecular flexibility index (Phi) is 5.95. The molecular weight excluding hydrogens is 258 g/mol. The zero-order valence-corrected chi connectivity index (χ0v) is 13.2. The van der Waals surface area contributed by atoms with Gasteiger partial charge in [0.15, 0.2) is 0 Å². The van der Waals surface area contributed by atoms with Gasteiger partial charge in [-0.25, -0.2) is 0 Å². The standard InChI is InChI=1S/C14H27N3O3/c1-6-15-11-9-20-8-10(11)13(19)17(5)7-12(18)16-14(2,3)4/h10-11,15H,6-9H2,1-5H3,(H,16,18). The van der Waals surface area contributed by atoms with Gasteiger partial charge >= 0.3 is 0 Å². The van der Waals surface area contributed by atoms with Gasteiger partial charge in [-0.05, 0) is 27.3 Å². The van der Waals surface area contributed by atoms with E-state index in [1.54, 1.807) is 7.05 Å². The van der Waals surface area contributed by atoms with Crippen molar-refractivity contribution in [2.45, 2.75) is 39.3 Å². The Morgan fingerprint density at radius 3 is 2.50 bits per heavy atom. The number of nitrogens with one attached hydrogen (secondary N) is 2. The van der Waals surface area contributed by atoms with Crippen LogP contribution in [0.2, 0.25) is 0 Å². The minimum absolute atomic E-state index is 0.0422. The van der Waals surface area contributed by atoms with E-state index < -0.39 is 0 Å². The van der Waals surface area contributed by atoms with Gasteiger partial charge in [0.1, 0.15) is 0 Å². The molecule has 1 aliphatic heterocycles. The van der Waals surface area contributed by atoms with Gasteiger partial charge in [-0.2, -0.15) is 0 Å². The third-order valence-electron chi connectivity index (χ3n) is 3.14. The number of nitrogens with zero attached hydrogens (tertiary/aromatic N) is 1. The fourth-order valence-corrected chi connectivity index (χ4v) is 2.30. The molecule has 2 atom stereocenters. The normalized spacial score (nSPS) is 22.6. The van der Waals surface area contributed by atoms with Crippen LogP contribution in [0.4, 0.5) is 0 Å². The van der Waals surface area contributed by atoms with Crippen LogP contribution < -0.4 is 10.6 Å². The van der Waals surface area contributed by atoms with Crippen molar-refractivity contribution in [1.82, 2.24) is 15.5 Å².